The molecule has 0 aliphatic heterocycles. The van der Waals surface area contributed by atoms with Gasteiger partial charge in [0.2, 0.25) is 0 Å². The third kappa shape index (κ3) is 7.82. The molecule has 0 radical (unpaired) electrons. The zero-order valence-corrected chi connectivity index (χ0v) is 8.11. The molecule has 2 N–H and O–H groups in total. The molecule has 2 heteroatoms. The average Bonchev–Trinajstić information content (AvgIpc) is 1.99. The maximum absolute atomic E-state index is 3.46. The molecule has 0 aromatic carbocycles. The van der Waals surface area contributed by atoms with E-state index in [0.717, 1.165) is 13.1 Å². The van der Waals surface area contributed by atoms with Crippen LogP contribution in [0.3, 0.4) is 0 Å². The Bertz CT molecular complexity index is 74.0. The molecule has 68 valence electrons. The molecule has 11 heavy (non-hydrogen) atoms. The minimum Gasteiger partial charge on any atom is -0.318 e. The second-order valence-electron chi connectivity index (χ2n) is 3.12. The molecule has 0 aromatic rings. The lowest BCUT2D eigenvalue weighted by Crippen LogP contribution is -2.35. The smallest absolute Gasteiger partial charge is 0.0164 e. The third-order valence-corrected chi connectivity index (χ3v) is 1.78. The zero-order chi connectivity index (χ0) is 8.53. The number of rotatable bonds is 7. The first-order chi connectivity index (χ1) is 5.31. The molecule has 0 heterocycles. The predicted molar refractivity (Wildman–Crippen MR) is 50.9 cm³/mol. The Morgan fingerprint density at radius 1 is 1.27 bits per heavy atom. The summed E-state index contributed by atoms with van der Waals surface area (Å²) in [5.41, 5.74) is 0. The molecule has 0 saturated carbocycles. The van der Waals surface area contributed by atoms with Crippen LogP contribution in [-0.4, -0.2) is 26.2 Å². The van der Waals surface area contributed by atoms with Crippen molar-refractivity contribution in [2.24, 2.45) is 0 Å². The van der Waals surface area contributed by atoms with Crippen LogP contribution >= 0.6 is 0 Å². The predicted octanol–water partition coefficient (Wildman–Crippen LogP) is 1.37. The summed E-state index contributed by atoms with van der Waals surface area (Å²) in [7, 11) is 1.99. The molecular formula is C9H22N2. The minimum absolute atomic E-state index is 0.608. The molecule has 2 nitrogen and oxygen atoms in total. The molecule has 0 amide bonds. The molecule has 0 aliphatic rings. The van der Waals surface area contributed by atoms with Crippen LogP contribution in [0, 0.1) is 0 Å². The number of hydrogen-bond acceptors (Lipinski definition) is 2. The van der Waals surface area contributed by atoms with Crippen LogP contribution in [0.15, 0.2) is 0 Å². The van der Waals surface area contributed by atoms with Gasteiger partial charge in [-0.25, -0.2) is 0 Å². The van der Waals surface area contributed by atoms with Crippen LogP contribution in [0.25, 0.3) is 0 Å². The maximum atomic E-state index is 3.46. The molecule has 0 aliphatic carbocycles. The van der Waals surface area contributed by atoms with Crippen LogP contribution < -0.4 is 10.6 Å². The van der Waals surface area contributed by atoms with Gasteiger partial charge < -0.3 is 10.6 Å². The summed E-state index contributed by atoms with van der Waals surface area (Å²) in [4.78, 5) is 0. The van der Waals surface area contributed by atoms with Crippen molar-refractivity contribution in [3.63, 3.8) is 0 Å². The van der Waals surface area contributed by atoms with Gasteiger partial charge in [0.25, 0.3) is 0 Å². The lowest BCUT2D eigenvalue weighted by Gasteiger charge is -2.12. The first-order valence-corrected chi connectivity index (χ1v) is 4.69. The van der Waals surface area contributed by atoms with Gasteiger partial charge in [-0.1, -0.05) is 19.8 Å². The highest BCUT2D eigenvalue weighted by Gasteiger charge is 1.96. The van der Waals surface area contributed by atoms with Gasteiger partial charge in [-0.15, -0.1) is 0 Å². The summed E-state index contributed by atoms with van der Waals surface area (Å²) in [6, 6.07) is 0.608. The lowest BCUT2D eigenvalue weighted by atomic mass is 10.2. The van der Waals surface area contributed by atoms with Gasteiger partial charge in [0.05, 0.1) is 0 Å². The van der Waals surface area contributed by atoms with E-state index in [-0.39, 0.29) is 0 Å². The fraction of sp³-hybridized carbons (Fsp3) is 1.00. The average molecular weight is 158 g/mol. The summed E-state index contributed by atoms with van der Waals surface area (Å²) in [5, 5.41) is 6.60. The highest BCUT2D eigenvalue weighted by molar-refractivity contribution is 4.61. The number of nitrogens with one attached hydrogen (secondary N) is 2. The standard InChI is InChI=1S/C9H22N2/c1-4-5-6-7-11-9(2)8-10-3/h9-11H,4-8H2,1-3H3. The normalized spacial score (nSPS) is 13.4. The SMILES string of the molecule is CCCCCNC(C)CNC. The van der Waals surface area contributed by atoms with Gasteiger partial charge in [-0.05, 0) is 26.9 Å². The molecule has 0 fully saturated rings. The van der Waals surface area contributed by atoms with Gasteiger partial charge in [0.15, 0.2) is 0 Å². The lowest BCUT2D eigenvalue weighted by molar-refractivity contribution is 0.507. The quantitative estimate of drug-likeness (QED) is 0.547. The first-order valence-electron chi connectivity index (χ1n) is 4.69. The van der Waals surface area contributed by atoms with Crippen LogP contribution in [-0.2, 0) is 0 Å². The number of likely N-dealkylation sites (N-methyl/N-ethyl adjacent to an activating group) is 1. The Kier molecular flexibility index (Phi) is 7.96. The monoisotopic (exact) mass is 158 g/mol. The van der Waals surface area contributed by atoms with E-state index in [0.29, 0.717) is 6.04 Å². The van der Waals surface area contributed by atoms with Gasteiger partial charge >= 0.3 is 0 Å². The first kappa shape index (κ1) is 10.9. The van der Waals surface area contributed by atoms with Crippen molar-refractivity contribution in [1.82, 2.24) is 10.6 Å². The Labute approximate surface area is 70.8 Å². The summed E-state index contributed by atoms with van der Waals surface area (Å²) < 4.78 is 0. The third-order valence-electron chi connectivity index (χ3n) is 1.78. The van der Waals surface area contributed by atoms with E-state index in [4.69, 9.17) is 0 Å². The van der Waals surface area contributed by atoms with Crippen LogP contribution in [0.5, 0.6) is 0 Å². The Hall–Kier alpha value is -0.0800. The van der Waals surface area contributed by atoms with Crippen molar-refractivity contribution in [1.29, 1.82) is 0 Å². The van der Waals surface area contributed by atoms with E-state index in [9.17, 15) is 0 Å². The van der Waals surface area contributed by atoms with Crippen molar-refractivity contribution >= 4 is 0 Å². The second kappa shape index (κ2) is 8.02. The van der Waals surface area contributed by atoms with E-state index in [1.165, 1.54) is 19.3 Å². The molecule has 0 saturated heterocycles. The highest BCUT2D eigenvalue weighted by Crippen LogP contribution is 1.91. The van der Waals surface area contributed by atoms with Crippen LogP contribution in [0.1, 0.15) is 33.1 Å². The van der Waals surface area contributed by atoms with Crippen molar-refractivity contribution in [2.45, 2.75) is 39.2 Å². The molecule has 0 spiro atoms. The van der Waals surface area contributed by atoms with Crippen molar-refractivity contribution in [3.8, 4) is 0 Å². The summed E-state index contributed by atoms with van der Waals surface area (Å²) >= 11 is 0. The molecule has 0 rings (SSSR count). The summed E-state index contributed by atoms with van der Waals surface area (Å²) in [5.74, 6) is 0. The number of unbranched alkanes of at least 4 members (excludes halogenated alkanes) is 2. The van der Waals surface area contributed by atoms with Crippen LogP contribution in [0.4, 0.5) is 0 Å². The highest BCUT2D eigenvalue weighted by atomic mass is 15.0. The van der Waals surface area contributed by atoms with E-state index in [1.54, 1.807) is 0 Å². The van der Waals surface area contributed by atoms with Gasteiger partial charge in [0.1, 0.15) is 0 Å². The summed E-state index contributed by atoms with van der Waals surface area (Å²) in [6.07, 6.45) is 3.96. The van der Waals surface area contributed by atoms with Crippen molar-refractivity contribution < 1.29 is 0 Å². The van der Waals surface area contributed by atoms with E-state index >= 15 is 0 Å². The zero-order valence-electron chi connectivity index (χ0n) is 8.11. The van der Waals surface area contributed by atoms with E-state index < -0.39 is 0 Å². The van der Waals surface area contributed by atoms with Crippen molar-refractivity contribution in [3.05, 3.63) is 0 Å². The Morgan fingerprint density at radius 2 is 2.00 bits per heavy atom. The second-order valence-corrected chi connectivity index (χ2v) is 3.12. The van der Waals surface area contributed by atoms with Gasteiger partial charge in [-0.3, -0.25) is 0 Å². The molecule has 0 bridgehead atoms. The molecule has 1 atom stereocenters. The summed E-state index contributed by atoms with van der Waals surface area (Å²) in [6.45, 7) is 6.67. The van der Waals surface area contributed by atoms with E-state index in [1.807, 2.05) is 7.05 Å². The fourth-order valence-corrected chi connectivity index (χ4v) is 1.10. The van der Waals surface area contributed by atoms with Crippen molar-refractivity contribution in [2.75, 3.05) is 20.1 Å². The minimum atomic E-state index is 0.608. The number of hydrogen-bond donors (Lipinski definition) is 2. The van der Waals surface area contributed by atoms with Crippen LogP contribution in [0.2, 0.25) is 0 Å². The topological polar surface area (TPSA) is 24.1 Å². The fourth-order valence-electron chi connectivity index (χ4n) is 1.10. The maximum Gasteiger partial charge on any atom is 0.0164 e. The van der Waals surface area contributed by atoms with Gasteiger partial charge in [0, 0.05) is 12.6 Å². The molecular weight excluding hydrogens is 136 g/mol. The molecule has 0 aromatic heterocycles. The van der Waals surface area contributed by atoms with Gasteiger partial charge in [-0.2, -0.15) is 0 Å². The largest absolute Gasteiger partial charge is 0.318 e. The Balaban J connectivity index is 2.97. The molecule has 1 unspecified atom stereocenters. The van der Waals surface area contributed by atoms with E-state index in [2.05, 4.69) is 24.5 Å². The Morgan fingerprint density at radius 3 is 2.55 bits per heavy atom.